The van der Waals surface area contributed by atoms with Crippen molar-refractivity contribution in [3.63, 3.8) is 0 Å². The van der Waals surface area contributed by atoms with E-state index >= 15 is 0 Å². The van der Waals surface area contributed by atoms with E-state index in [1.165, 1.54) is 26.0 Å². The summed E-state index contributed by atoms with van der Waals surface area (Å²) < 4.78 is 5.81. The first-order chi connectivity index (χ1) is 17.4. The summed E-state index contributed by atoms with van der Waals surface area (Å²) in [7, 11) is 0. The molecule has 3 N–H and O–H groups in total. The Morgan fingerprint density at radius 3 is 2.51 bits per heavy atom. The summed E-state index contributed by atoms with van der Waals surface area (Å²) in [5, 5.41) is 25.7. The van der Waals surface area contributed by atoms with E-state index in [1.54, 1.807) is 19.1 Å². The molecule has 0 aromatic heterocycles. The Morgan fingerprint density at radius 2 is 1.86 bits per heavy atom. The lowest BCUT2D eigenvalue weighted by molar-refractivity contribution is -0.166. The number of ether oxygens (including phenoxy) is 1. The molecule has 4 rings (SSSR count). The third kappa shape index (κ3) is 4.59. The Morgan fingerprint density at radius 1 is 1.19 bits per heavy atom. The number of amides is 1. The van der Waals surface area contributed by atoms with Gasteiger partial charge in [-0.15, -0.1) is 0 Å². The van der Waals surface area contributed by atoms with E-state index in [2.05, 4.69) is 11.9 Å². The van der Waals surface area contributed by atoms with Gasteiger partial charge in [0, 0.05) is 30.7 Å². The van der Waals surface area contributed by atoms with Crippen molar-refractivity contribution in [1.29, 1.82) is 0 Å². The Kier molecular flexibility index (Phi) is 7.32. The molecule has 1 unspecified atom stereocenters. The average molecular weight is 508 g/mol. The molecule has 0 bridgehead atoms. The Labute approximate surface area is 218 Å². The third-order valence-corrected chi connectivity index (χ3v) is 8.53. The summed E-state index contributed by atoms with van der Waals surface area (Å²) in [6, 6.07) is 9.49. The number of nitrogens with one attached hydrogen (secondary N) is 1. The average Bonchev–Trinajstić information content (AvgIpc) is 3.13. The fourth-order valence-corrected chi connectivity index (χ4v) is 6.68. The largest absolute Gasteiger partial charge is 0.457 e. The minimum Gasteiger partial charge on any atom is -0.457 e. The number of aliphatic hydroxyl groups is 2. The maximum absolute atomic E-state index is 14.2. The molecule has 198 valence electrons. The summed E-state index contributed by atoms with van der Waals surface area (Å²) in [5.74, 6) is -3.26. The maximum atomic E-state index is 14.2. The smallest absolute Gasteiger partial charge is 0.303 e. The van der Waals surface area contributed by atoms with Gasteiger partial charge in [-0.2, -0.15) is 0 Å². The van der Waals surface area contributed by atoms with E-state index in [4.69, 9.17) is 4.74 Å². The highest BCUT2D eigenvalue weighted by Crippen LogP contribution is 2.58. The number of Topliss-reactive ketones (excluding diaryl/α,β-unsaturated/α-hetero) is 1. The van der Waals surface area contributed by atoms with Crippen molar-refractivity contribution in [3.05, 3.63) is 72.4 Å². The lowest BCUT2D eigenvalue weighted by atomic mass is 9.51. The number of carbonyl (C=O) groups excluding carboxylic acids is 3. The molecule has 3 aliphatic rings. The summed E-state index contributed by atoms with van der Waals surface area (Å²) in [4.78, 5) is 39.5. The molecule has 7 nitrogen and oxygen atoms in total. The van der Waals surface area contributed by atoms with Crippen LogP contribution in [0.1, 0.15) is 39.7 Å². The monoisotopic (exact) mass is 507 g/mol. The number of hydrogen-bond acceptors (Lipinski definition) is 6. The van der Waals surface area contributed by atoms with Gasteiger partial charge in [-0.3, -0.25) is 14.4 Å². The van der Waals surface area contributed by atoms with E-state index in [0.717, 1.165) is 5.56 Å². The van der Waals surface area contributed by atoms with E-state index in [0.29, 0.717) is 18.4 Å². The zero-order valence-corrected chi connectivity index (χ0v) is 21.9. The van der Waals surface area contributed by atoms with Crippen LogP contribution in [0.4, 0.5) is 0 Å². The van der Waals surface area contributed by atoms with Crippen LogP contribution in [0.15, 0.2) is 66.8 Å². The van der Waals surface area contributed by atoms with Crippen molar-refractivity contribution < 1.29 is 29.3 Å². The first kappa shape index (κ1) is 27.0. The van der Waals surface area contributed by atoms with Crippen molar-refractivity contribution >= 4 is 17.7 Å². The predicted molar refractivity (Wildman–Crippen MR) is 139 cm³/mol. The van der Waals surface area contributed by atoms with Crippen molar-refractivity contribution in [2.45, 2.75) is 64.4 Å². The molecule has 1 aromatic rings. The van der Waals surface area contributed by atoms with Crippen LogP contribution in [0.25, 0.3) is 0 Å². The Bertz CT molecular complexity index is 1140. The second-order valence-electron chi connectivity index (χ2n) is 11.0. The van der Waals surface area contributed by atoms with Crippen LogP contribution in [0.2, 0.25) is 0 Å². The second-order valence-corrected chi connectivity index (χ2v) is 11.0. The van der Waals surface area contributed by atoms with Crippen molar-refractivity contribution in [1.82, 2.24) is 5.32 Å². The highest BCUT2D eigenvalue weighted by atomic mass is 16.5. The molecule has 1 saturated heterocycles. The first-order valence-corrected chi connectivity index (χ1v) is 12.9. The number of aliphatic hydroxyl groups excluding tert-OH is 1. The Balaban J connectivity index is 1.94. The minimum absolute atomic E-state index is 0.287. The quantitative estimate of drug-likeness (QED) is 0.428. The number of esters is 1. The first-order valence-electron chi connectivity index (χ1n) is 12.9. The van der Waals surface area contributed by atoms with Gasteiger partial charge in [-0.25, -0.2) is 0 Å². The molecular weight excluding hydrogens is 470 g/mol. The molecule has 7 heteroatoms. The van der Waals surface area contributed by atoms with Gasteiger partial charge in [-0.1, -0.05) is 62.9 Å². The molecule has 0 radical (unpaired) electrons. The zero-order valence-electron chi connectivity index (χ0n) is 21.9. The molecule has 2 fully saturated rings. The van der Waals surface area contributed by atoms with E-state index in [1.807, 2.05) is 37.3 Å². The van der Waals surface area contributed by atoms with Crippen LogP contribution >= 0.6 is 0 Å². The predicted octanol–water partition coefficient (Wildman–Crippen LogP) is 2.92. The van der Waals surface area contributed by atoms with Gasteiger partial charge in [0.2, 0.25) is 5.91 Å². The summed E-state index contributed by atoms with van der Waals surface area (Å²) in [5.41, 5.74) is -1.55. The fourth-order valence-electron chi connectivity index (χ4n) is 6.68. The van der Waals surface area contributed by atoms with E-state index < -0.39 is 46.9 Å². The van der Waals surface area contributed by atoms with Gasteiger partial charge in [0.1, 0.15) is 17.1 Å². The molecule has 37 heavy (non-hydrogen) atoms. The highest BCUT2D eigenvalue weighted by molar-refractivity contribution is 5.91. The fraction of sp³-hybridized carbons (Fsp3) is 0.500. The number of ketones is 1. The number of carbonyl (C=O) groups is 3. The molecule has 1 spiro atoms. The van der Waals surface area contributed by atoms with E-state index in [-0.39, 0.29) is 23.7 Å². The lowest BCUT2D eigenvalue weighted by Gasteiger charge is -2.52. The molecule has 1 heterocycles. The molecular formula is C30H37NO6. The zero-order chi connectivity index (χ0) is 27.1. The van der Waals surface area contributed by atoms with Crippen LogP contribution in [-0.4, -0.2) is 51.7 Å². The van der Waals surface area contributed by atoms with Gasteiger partial charge in [0.15, 0.2) is 5.78 Å². The third-order valence-electron chi connectivity index (χ3n) is 8.53. The van der Waals surface area contributed by atoms with Gasteiger partial charge >= 0.3 is 5.97 Å². The molecule has 9 atom stereocenters. The van der Waals surface area contributed by atoms with Crippen LogP contribution < -0.4 is 5.32 Å². The summed E-state index contributed by atoms with van der Waals surface area (Å²) >= 11 is 0. The SMILES string of the molecule is C=C1[C@@H](C)[C@H]2C(Cc3ccccc3)NC(=O)[C@]23[C@H](OC(C)=O)/C=C/[C@@](C)(O)C(=O)[C@@H](C)C/C=C/[C@H]3[C@@H]1O. The van der Waals surface area contributed by atoms with Crippen molar-refractivity contribution in [2.75, 3.05) is 0 Å². The minimum atomic E-state index is -1.82. The molecule has 1 aliphatic heterocycles. The highest BCUT2D eigenvalue weighted by Gasteiger charge is 2.68. The van der Waals surface area contributed by atoms with Gasteiger partial charge in [0.25, 0.3) is 0 Å². The standard InChI is InChI=1S/C30H37NO6/c1-17-10-9-13-22-26(33)19(3)18(2)25-23(16-21-11-7-6-8-12-21)31-28(35)30(22,25)24(37-20(4)32)14-15-29(5,36)27(17)34/h6-9,11-15,17-18,22-26,33,36H,3,10,16H2,1-2,4-5H3,(H,31,35)/b13-9+,15-14+/t17-,18+,22-,23?,24+,25-,26+,29+,30+/m0/s1. The maximum Gasteiger partial charge on any atom is 0.303 e. The summed E-state index contributed by atoms with van der Waals surface area (Å²) in [6.45, 7) is 10.5. The second kappa shape index (κ2) is 10.0. The number of benzene rings is 1. The number of rotatable bonds is 3. The number of allylic oxidation sites excluding steroid dienone is 1. The molecule has 1 saturated carbocycles. The summed E-state index contributed by atoms with van der Waals surface area (Å²) in [6.07, 6.45) is 5.01. The van der Waals surface area contributed by atoms with Crippen LogP contribution in [-0.2, 0) is 25.5 Å². The van der Waals surface area contributed by atoms with Crippen LogP contribution in [0, 0.1) is 29.1 Å². The molecule has 2 aliphatic carbocycles. The molecule has 1 amide bonds. The normalized spacial score (nSPS) is 41.6. The van der Waals surface area contributed by atoms with Crippen molar-refractivity contribution in [2.24, 2.45) is 29.1 Å². The topological polar surface area (TPSA) is 113 Å². The van der Waals surface area contributed by atoms with Crippen LogP contribution in [0.5, 0.6) is 0 Å². The van der Waals surface area contributed by atoms with Crippen molar-refractivity contribution in [3.8, 4) is 0 Å². The Hall–Kier alpha value is -3.03. The van der Waals surface area contributed by atoms with Gasteiger partial charge in [0.05, 0.1) is 6.10 Å². The number of hydrogen-bond donors (Lipinski definition) is 3. The van der Waals surface area contributed by atoms with Crippen LogP contribution in [0.3, 0.4) is 0 Å². The van der Waals surface area contributed by atoms with E-state index in [9.17, 15) is 24.6 Å². The molecule has 1 aromatic carbocycles. The van der Waals surface area contributed by atoms with Gasteiger partial charge < -0.3 is 20.3 Å². The lowest BCUT2D eigenvalue weighted by Crippen LogP contribution is -2.60. The van der Waals surface area contributed by atoms with Gasteiger partial charge in [-0.05, 0) is 49.0 Å².